The molecular weight excluding hydrogens is 524 g/mol. The van der Waals surface area contributed by atoms with Gasteiger partial charge in [0, 0.05) is 33.2 Å². The van der Waals surface area contributed by atoms with Crippen LogP contribution < -0.4 is 10.6 Å². The molecule has 1 aliphatic heterocycles. The summed E-state index contributed by atoms with van der Waals surface area (Å²) >= 11 is 0. The minimum atomic E-state index is -1.27. The molecule has 1 fully saturated rings. The van der Waals surface area contributed by atoms with Crippen molar-refractivity contribution >= 4 is 23.9 Å². The number of piperidine rings is 1. The number of rotatable bonds is 10. The van der Waals surface area contributed by atoms with Crippen molar-refractivity contribution < 1.29 is 28.7 Å². The first kappa shape index (κ1) is 31.6. The number of nitrogens with zero attached hydrogens (tertiary/aromatic N) is 2. The zero-order chi connectivity index (χ0) is 30.0. The highest BCUT2D eigenvalue weighted by atomic mass is 16.6. The molecule has 2 aromatic rings. The van der Waals surface area contributed by atoms with Gasteiger partial charge in [-0.05, 0) is 44.7 Å². The minimum Gasteiger partial charge on any atom is -0.469 e. The average Bonchev–Trinajstić information content (AvgIpc) is 2.95. The van der Waals surface area contributed by atoms with Crippen molar-refractivity contribution in [1.82, 2.24) is 20.4 Å². The molecule has 0 saturated carbocycles. The Bertz CT molecular complexity index is 1170. The van der Waals surface area contributed by atoms with Crippen LogP contribution in [0.5, 0.6) is 0 Å². The highest BCUT2D eigenvalue weighted by molar-refractivity contribution is 5.95. The second-order valence-corrected chi connectivity index (χ2v) is 11.3. The van der Waals surface area contributed by atoms with E-state index in [4.69, 9.17) is 9.47 Å². The number of likely N-dealkylation sites (tertiary alicyclic amines) is 1. The van der Waals surface area contributed by atoms with E-state index in [9.17, 15) is 19.2 Å². The number of esters is 1. The van der Waals surface area contributed by atoms with Crippen molar-refractivity contribution in [1.29, 1.82) is 0 Å². The third-order valence-corrected chi connectivity index (χ3v) is 7.21. The molecule has 1 heterocycles. The van der Waals surface area contributed by atoms with E-state index in [0.717, 1.165) is 17.7 Å². The van der Waals surface area contributed by atoms with Gasteiger partial charge >= 0.3 is 12.1 Å². The Balaban J connectivity index is 1.83. The topological polar surface area (TPSA) is 117 Å². The summed E-state index contributed by atoms with van der Waals surface area (Å²) in [6, 6.07) is 18.3. The lowest BCUT2D eigenvalue weighted by Crippen LogP contribution is -2.66. The van der Waals surface area contributed by atoms with Crippen molar-refractivity contribution in [2.75, 3.05) is 27.2 Å². The third-order valence-electron chi connectivity index (χ3n) is 7.21. The summed E-state index contributed by atoms with van der Waals surface area (Å²) in [6.45, 7) is 7.28. The minimum absolute atomic E-state index is 0.286. The first-order valence-corrected chi connectivity index (χ1v) is 13.9. The van der Waals surface area contributed by atoms with E-state index in [1.807, 2.05) is 48.5 Å². The van der Waals surface area contributed by atoms with Crippen LogP contribution in [0.1, 0.15) is 51.2 Å². The van der Waals surface area contributed by atoms with Gasteiger partial charge < -0.3 is 25.0 Å². The molecule has 3 rings (SSSR count). The summed E-state index contributed by atoms with van der Waals surface area (Å²) in [7, 11) is 2.76. The van der Waals surface area contributed by atoms with Crippen LogP contribution in [0.4, 0.5) is 4.79 Å². The maximum absolute atomic E-state index is 13.9. The summed E-state index contributed by atoms with van der Waals surface area (Å²) in [5.41, 5.74) is 0.0986. The molecule has 0 aromatic heterocycles. The number of likely N-dealkylation sites (N-methyl/N-ethyl adjacent to an activating group) is 1. The summed E-state index contributed by atoms with van der Waals surface area (Å²) < 4.78 is 10.1. The molecule has 222 valence electrons. The summed E-state index contributed by atoms with van der Waals surface area (Å²) in [4.78, 5) is 56.2. The Labute approximate surface area is 242 Å². The van der Waals surface area contributed by atoms with Crippen LogP contribution in [-0.4, -0.2) is 78.1 Å². The number of hydrogen-bond acceptors (Lipinski definition) is 7. The van der Waals surface area contributed by atoms with E-state index < -0.39 is 41.6 Å². The normalized spacial score (nSPS) is 15.7. The lowest BCUT2D eigenvalue weighted by Gasteiger charge is -2.46. The molecule has 10 nitrogen and oxygen atoms in total. The zero-order valence-electron chi connectivity index (χ0n) is 24.6. The number of nitrogens with one attached hydrogen (secondary N) is 2. The second-order valence-electron chi connectivity index (χ2n) is 11.3. The first-order valence-electron chi connectivity index (χ1n) is 13.9. The largest absolute Gasteiger partial charge is 0.469 e. The van der Waals surface area contributed by atoms with Gasteiger partial charge in [0.15, 0.2) is 0 Å². The number of carbonyl (C=O) groups excluding carboxylic acids is 4. The quantitative estimate of drug-likeness (QED) is 0.424. The van der Waals surface area contributed by atoms with E-state index in [2.05, 4.69) is 27.7 Å². The van der Waals surface area contributed by atoms with Crippen molar-refractivity contribution in [3.05, 3.63) is 71.8 Å². The Morgan fingerprint density at radius 2 is 1.51 bits per heavy atom. The summed E-state index contributed by atoms with van der Waals surface area (Å²) in [5.74, 6) is -1.54. The van der Waals surface area contributed by atoms with E-state index in [-0.39, 0.29) is 5.91 Å². The maximum atomic E-state index is 13.9. The molecule has 1 saturated heterocycles. The van der Waals surface area contributed by atoms with Gasteiger partial charge in [-0.3, -0.25) is 19.3 Å². The molecule has 1 aliphatic rings. The number of methoxy groups -OCH3 is 1. The molecule has 0 bridgehead atoms. The fraction of sp³-hybridized carbons (Fsp3) is 0.484. The number of ether oxygens (including phenoxy) is 2. The molecule has 3 amide bonds. The molecule has 1 atom stereocenters. The number of hydrogen-bond donors (Lipinski definition) is 2. The molecule has 41 heavy (non-hydrogen) atoms. The van der Waals surface area contributed by atoms with Crippen LogP contribution in [0.2, 0.25) is 0 Å². The number of amides is 3. The van der Waals surface area contributed by atoms with Crippen LogP contribution in [0.3, 0.4) is 0 Å². The predicted octanol–water partition coefficient (Wildman–Crippen LogP) is 3.25. The fourth-order valence-corrected chi connectivity index (χ4v) is 4.92. The van der Waals surface area contributed by atoms with Crippen LogP contribution in [0, 0.1) is 0 Å². The van der Waals surface area contributed by atoms with Crippen LogP contribution in [0.25, 0.3) is 0 Å². The van der Waals surface area contributed by atoms with Crippen molar-refractivity contribution in [3.8, 4) is 0 Å². The van der Waals surface area contributed by atoms with Crippen LogP contribution in [0.15, 0.2) is 60.7 Å². The monoisotopic (exact) mass is 566 g/mol. The van der Waals surface area contributed by atoms with Gasteiger partial charge in [-0.1, -0.05) is 60.7 Å². The molecular formula is C31H42N4O6. The Morgan fingerprint density at radius 1 is 0.951 bits per heavy atom. The predicted molar refractivity (Wildman–Crippen MR) is 155 cm³/mol. The lowest BCUT2D eigenvalue weighted by atomic mass is 9.84. The van der Waals surface area contributed by atoms with Crippen molar-refractivity contribution in [3.63, 3.8) is 0 Å². The number of alkyl carbamates (subject to hydrolysis) is 1. The standard InChI is InChI=1S/C31H42N4O6/c1-30(2,3)41-29(39)33-25(20-26(36)40-5)27(37)34(4)31(28(38)32-21-23-12-8-6-9-13-23)16-18-35(19-17-31)22-24-14-10-7-11-15-24/h6-15,25H,16-22H2,1-5H3,(H,32,38)(H,33,39)/t25-/m0/s1. The maximum Gasteiger partial charge on any atom is 0.408 e. The van der Waals surface area contributed by atoms with Gasteiger partial charge in [0.2, 0.25) is 11.8 Å². The van der Waals surface area contributed by atoms with Crippen molar-refractivity contribution in [2.45, 2.75) is 70.3 Å². The van der Waals surface area contributed by atoms with E-state index >= 15 is 0 Å². The third kappa shape index (κ3) is 9.04. The van der Waals surface area contributed by atoms with Gasteiger partial charge in [0.1, 0.15) is 17.2 Å². The lowest BCUT2D eigenvalue weighted by molar-refractivity contribution is -0.153. The first-order chi connectivity index (χ1) is 19.4. The number of benzene rings is 2. The van der Waals surface area contributed by atoms with Gasteiger partial charge in [-0.15, -0.1) is 0 Å². The number of carbonyl (C=O) groups is 4. The Morgan fingerprint density at radius 3 is 2.05 bits per heavy atom. The van der Waals surface area contributed by atoms with Crippen LogP contribution >= 0.6 is 0 Å². The SMILES string of the molecule is COC(=O)C[C@H](NC(=O)OC(C)(C)C)C(=O)N(C)C1(C(=O)NCc2ccccc2)CCN(Cc2ccccc2)CC1. The smallest absolute Gasteiger partial charge is 0.408 e. The zero-order valence-corrected chi connectivity index (χ0v) is 24.6. The van der Waals surface area contributed by atoms with Crippen molar-refractivity contribution in [2.24, 2.45) is 0 Å². The average molecular weight is 567 g/mol. The summed E-state index contributed by atoms with van der Waals surface area (Å²) in [5, 5.41) is 5.54. The molecule has 10 heteroatoms. The van der Waals surface area contributed by atoms with E-state index in [1.165, 1.54) is 12.0 Å². The highest BCUT2D eigenvalue weighted by Gasteiger charge is 2.48. The van der Waals surface area contributed by atoms with Crippen LogP contribution in [-0.2, 0) is 36.9 Å². The molecule has 0 unspecified atom stereocenters. The molecule has 2 aromatic carbocycles. The van der Waals surface area contributed by atoms with Gasteiger partial charge in [-0.2, -0.15) is 0 Å². The Kier molecular flexibility index (Phi) is 10.9. The molecule has 0 aliphatic carbocycles. The van der Waals surface area contributed by atoms with Gasteiger partial charge in [0.05, 0.1) is 13.5 Å². The Hall–Kier alpha value is -3.92. The molecule has 2 N–H and O–H groups in total. The highest BCUT2D eigenvalue weighted by Crippen LogP contribution is 2.30. The molecule has 0 spiro atoms. The van der Waals surface area contributed by atoms with Gasteiger partial charge in [-0.25, -0.2) is 4.79 Å². The van der Waals surface area contributed by atoms with E-state index in [0.29, 0.717) is 32.5 Å². The molecule has 0 radical (unpaired) electrons. The van der Waals surface area contributed by atoms with E-state index in [1.54, 1.807) is 27.8 Å². The van der Waals surface area contributed by atoms with Gasteiger partial charge in [0.25, 0.3) is 0 Å². The fourth-order valence-electron chi connectivity index (χ4n) is 4.92. The summed E-state index contributed by atoms with van der Waals surface area (Å²) in [6.07, 6.45) is -0.491. The second kappa shape index (κ2) is 14.1.